The lowest BCUT2D eigenvalue weighted by Gasteiger charge is -2.12. The number of nitrogens with two attached hydrogens (primary N) is 1. The molecule has 23 heavy (non-hydrogen) atoms. The highest BCUT2D eigenvalue weighted by Crippen LogP contribution is 2.30. The van der Waals surface area contributed by atoms with Crippen LogP contribution in [0, 0.1) is 0 Å². The van der Waals surface area contributed by atoms with E-state index in [1.165, 1.54) is 6.08 Å². The average Bonchev–Trinajstić information content (AvgIpc) is 2.54. The number of carbonyl (C=O) groups is 1. The summed E-state index contributed by atoms with van der Waals surface area (Å²) in [6.07, 6.45) is 2.89. The van der Waals surface area contributed by atoms with Gasteiger partial charge in [0, 0.05) is 6.08 Å². The second-order valence-electron chi connectivity index (χ2n) is 4.68. The van der Waals surface area contributed by atoms with Crippen LogP contribution >= 0.6 is 23.2 Å². The molecule has 2 rings (SSSR count). The van der Waals surface area contributed by atoms with Crippen LogP contribution in [0.3, 0.4) is 0 Å². The third-order valence-electron chi connectivity index (χ3n) is 3.01. The number of primary amides is 1. The molecular weight excluding hydrogens is 337 g/mol. The highest BCUT2D eigenvalue weighted by molar-refractivity contribution is 6.42. The number of ether oxygens (including phenoxy) is 2. The zero-order chi connectivity index (χ0) is 16.8. The van der Waals surface area contributed by atoms with E-state index in [1.54, 1.807) is 43.5 Å². The first-order valence-electron chi connectivity index (χ1n) is 6.72. The lowest BCUT2D eigenvalue weighted by molar-refractivity contribution is -0.113. The Bertz CT molecular complexity index is 745. The summed E-state index contributed by atoms with van der Waals surface area (Å²) < 4.78 is 11.0. The maximum atomic E-state index is 10.8. The van der Waals surface area contributed by atoms with Crippen LogP contribution in [0.25, 0.3) is 6.08 Å². The van der Waals surface area contributed by atoms with Gasteiger partial charge in [-0.15, -0.1) is 0 Å². The van der Waals surface area contributed by atoms with Crippen LogP contribution in [0.2, 0.25) is 10.0 Å². The number of halogens is 2. The summed E-state index contributed by atoms with van der Waals surface area (Å²) in [5.74, 6) is 0.616. The van der Waals surface area contributed by atoms with Crippen molar-refractivity contribution in [1.29, 1.82) is 0 Å². The molecule has 0 spiro atoms. The first kappa shape index (κ1) is 17.2. The highest BCUT2D eigenvalue weighted by Gasteiger charge is 2.07. The van der Waals surface area contributed by atoms with E-state index in [9.17, 15) is 4.79 Å². The molecule has 0 bridgehead atoms. The molecule has 0 atom stereocenters. The molecule has 0 unspecified atom stereocenters. The summed E-state index contributed by atoms with van der Waals surface area (Å²) in [7, 11) is 1.56. The number of methoxy groups -OCH3 is 1. The van der Waals surface area contributed by atoms with E-state index in [0.717, 1.165) is 11.1 Å². The third-order valence-corrected chi connectivity index (χ3v) is 3.75. The maximum Gasteiger partial charge on any atom is 0.241 e. The number of carbonyl (C=O) groups excluding carboxylic acids is 1. The Hall–Kier alpha value is -2.17. The van der Waals surface area contributed by atoms with E-state index >= 15 is 0 Å². The molecule has 1 amide bonds. The first-order chi connectivity index (χ1) is 11.0. The molecule has 0 saturated carbocycles. The minimum atomic E-state index is -0.515. The van der Waals surface area contributed by atoms with Gasteiger partial charge < -0.3 is 15.2 Å². The van der Waals surface area contributed by atoms with Crippen molar-refractivity contribution in [3.8, 4) is 11.5 Å². The number of rotatable bonds is 6. The van der Waals surface area contributed by atoms with Crippen molar-refractivity contribution in [3.05, 3.63) is 63.6 Å². The van der Waals surface area contributed by atoms with Crippen molar-refractivity contribution in [2.45, 2.75) is 6.61 Å². The van der Waals surface area contributed by atoms with E-state index in [2.05, 4.69) is 0 Å². The Kier molecular flexibility index (Phi) is 5.90. The molecule has 0 radical (unpaired) electrons. The van der Waals surface area contributed by atoms with E-state index in [4.69, 9.17) is 38.4 Å². The summed E-state index contributed by atoms with van der Waals surface area (Å²) in [4.78, 5) is 10.8. The number of benzene rings is 2. The van der Waals surface area contributed by atoms with Crippen LogP contribution in [-0.2, 0) is 11.4 Å². The summed E-state index contributed by atoms with van der Waals surface area (Å²) in [5.41, 5.74) is 6.74. The molecule has 2 N–H and O–H groups in total. The Morgan fingerprint density at radius 1 is 1.13 bits per heavy atom. The van der Waals surface area contributed by atoms with Crippen molar-refractivity contribution in [2.75, 3.05) is 7.11 Å². The van der Waals surface area contributed by atoms with Crippen LogP contribution < -0.4 is 15.2 Å². The molecule has 120 valence electrons. The Balaban J connectivity index is 2.18. The fourth-order valence-corrected chi connectivity index (χ4v) is 2.20. The van der Waals surface area contributed by atoms with E-state index in [0.29, 0.717) is 28.2 Å². The largest absolute Gasteiger partial charge is 0.493 e. The predicted octanol–water partition coefficient (Wildman–Crippen LogP) is 4.08. The Labute approximate surface area is 144 Å². The van der Waals surface area contributed by atoms with Crippen LogP contribution in [0.4, 0.5) is 0 Å². The zero-order valence-corrected chi connectivity index (χ0v) is 13.9. The molecular formula is C17H15Cl2NO3. The van der Waals surface area contributed by atoms with E-state index in [1.807, 2.05) is 6.07 Å². The van der Waals surface area contributed by atoms with Gasteiger partial charge in [-0.05, 0) is 41.5 Å². The van der Waals surface area contributed by atoms with Crippen molar-refractivity contribution in [1.82, 2.24) is 0 Å². The molecule has 0 aliphatic heterocycles. The summed E-state index contributed by atoms with van der Waals surface area (Å²) in [5, 5.41) is 0.962. The predicted molar refractivity (Wildman–Crippen MR) is 92.0 cm³/mol. The second kappa shape index (κ2) is 7.90. The van der Waals surface area contributed by atoms with Crippen molar-refractivity contribution < 1.29 is 14.3 Å². The molecule has 0 aliphatic rings. The fourth-order valence-electron chi connectivity index (χ4n) is 1.88. The monoisotopic (exact) mass is 351 g/mol. The third kappa shape index (κ3) is 4.91. The molecule has 0 aliphatic carbocycles. The van der Waals surface area contributed by atoms with Crippen LogP contribution in [-0.4, -0.2) is 13.0 Å². The van der Waals surface area contributed by atoms with Gasteiger partial charge in [-0.1, -0.05) is 35.3 Å². The van der Waals surface area contributed by atoms with E-state index < -0.39 is 5.91 Å². The minimum absolute atomic E-state index is 0.302. The fraction of sp³-hybridized carbons (Fsp3) is 0.118. The SMILES string of the molecule is COc1ccc(/C=C\C(N)=O)cc1OCc1ccc(Cl)c(Cl)c1. The van der Waals surface area contributed by atoms with Gasteiger partial charge in [-0.3, -0.25) is 4.79 Å². The van der Waals surface area contributed by atoms with E-state index in [-0.39, 0.29) is 0 Å². The standard InChI is InChI=1S/C17H15Cl2NO3/c1-22-15-6-3-11(4-7-17(20)21)9-16(15)23-10-12-2-5-13(18)14(19)8-12/h2-9H,10H2,1H3,(H2,20,21)/b7-4-. The van der Waals surface area contributed by atoms with Crippen molar-refractivity contribution in [3.63, 3.8) is 0 Å². The summed E-state index contributed by atoms with van der Waals surface area (Å²) in [6.45, 7) is 0.302. The molecule has 0 heterocycles. The quantitative estimate of drug-likeness (QED) is 0.797. The molecule has 6 heteroatoms. The zero-order valence-electron chi connectivity index (χ0n) is 12.4. The van der Waals surface area contributed by atoms with Gasteiger partial charge in [0.15, 0.2) is 11.5 Å². The van der Waals surface area contributed by atoms with Gasteiger partial charge in [-0.2, -0.15) is 0 Å². The number of amides is 1. The highest BCUT2D eigenvalue weighted by atomic mass is 35.5. The van der Waals surface area contributed by atoms with Crippen LogP contribution in [0.1, 0.15) is 11.1 Å². The summed E-state index contributed by atoms with van der Waals surface area (Å²) in [6, 6.07) is 10.6. The molecule has 2 aromatic carbocycles. The lowest BCUT2D eigenvalue weighted by Crippen LogP contribution is -2.05. The van der Waals surface area contributed by atoms with Crippen LogP contribution in [0.5, 0.6) is 11.5 Å². The normalized spacial score (nSPS) is 10.7. The van der Waals surface area contributed by atoms with Crippen molar-refractivity contribution >= 4 is 35.2 Å². The molecule has 0 aromatic heterocycles. The smallest absolute Gasteiger partial charge is 0.241 e. The second-order valence-corrected chi connectivity index (χ2v) is 5.50. The molecule has 0 saturated heterocycles. The first-order valence-corrected chi connectivity index (χ1v) is 7.47. The Morgan fingerprint density at radius 2 is 1.91 bits per heavy atom. The summed E-state index contributed by atoms with van der Waals surface area (Å²) >= 11 is 11.9. The van der Waals surface area contributed by atoms with Gasteiger partial charge in [0.1, 0.15) is 6.61 Å². The van der Waals surface area contributed by atoms with Gasteiger partial charge in [0.2, 0.25) is 5.91 Å². The maximum absolute atomic E-state index is 10.8. The molecule has 2 aromatic rings. The Morgan fingerprint density at radius 3 is 2.57 bits per heavy atom. The van der Waals surface area contributed by atoms with Gasteiger partial charge in [0.05, 0.1) is 17.2 Å². The van der Waals surface area contributed by atoms with Crippen LogP contribution in [0.15, 0.2) is 42.5 Å². The van der Waals surface area contributed by atoms with Gasteiger partial charge in [-0.25, -0.2) is 0 Å². The molecule has 0 fully saturated rings. The number of hydrogen-bond acceptors (Lipinski definition) is 3. The minimum Gasteiger partial charge on any atom is -0.493 e. The topological polar surface area (TPSA) is 61.5 Å². The molecule has 4 nitrogen and oxygen atoms in total. The van der Waals surface area contributed by atoms with Crippen molar-refractivity contribution in [2.24, 2.45) is 5.73 Å². The average molecular weight is 352 g/mol. The van der Waals surface area contributed by atoms with Gasteiger partial charge >= 0.3 is 0 Å². The lowest BCUT2D eigenvalue weighted by atomic mass is 10.2. The van der Waals surface area contributed by atoms with Gasteiger partial charge in [0.25, 0.3) is 0 Å². The number of hydrogen-bond donors (Lipinski definition) is 1.